The number of fused-ring (bicyclic) bond motifs is 1. The summed E-state index contributed by atoms with van der Waals surface area (Å²) in [7, 11) is 1.50. The summed E-state index contributed by atoms with van der Waals surface area (Å²) in [5.41, 5.74) is -0.551. The van der Waals surface area contributed by atoms with Crippen LogP contribution in [-0.2, 0) is 12.7 Å². The predicted molar refractivity (Wildman–Crippen MR) is 120 cm³/mol. The van der Waals surface area contributed by atoms with Crippen LogP contribution in [0.25, 0.3) is 16.9 Å². The average Bonchev–Trinajstić information content (AvgIpc) is 3.53. The van der Waals surface area contributed by atoms with Crippen molar-refractivity contribution < 1.29 is 27.1 Å². The molecule has 4 heterocycles. The minimum absolute atomic E-state index is 0.0327. The van der Waals surface area contributed by atoms with E-state index < -0.39 is 17.8 Å². The summed E-state index contributed by atoms with van der Waals surface area (Å²) in [5.74, 6) is 1.00. The summed E-state index contributed by atoms with van der Waals surface area (Å²) >= 11 is 0. The number of nitrogens with zero attached hydrogens (tertiary/aromatic N) is 5. The van der Waals surface area contributed by atoms with Crippen molar-refractivity contribution in [3.8, 4) is 17.0 Å². The predicted octanol–water partition coefficient (Wildman–Crippen LogP) is 3.97. The highest BCUT2D eigenvalue weighted by Crippen LogP contribution is 2.33. The Morgan fingerprint density at radius 2 is 1.86 bits per heavy atom. The van der Waals surface area contributed by atoms with Crippen LogP contribution in [0.4, 0.5) is 13.2 Å². The number of alkyl halides is 3. The lowest BCUT2D eigenvalue weighted by molar-refractivity contribution is -0.142. The van der Waals surface area contributed by atoms with Crippen LogP contribution in [0, 0.1) is 0 Å². The van der Waals surface area contributed by atoms with Gasteiger partial charge in [0.05, 0.1) is 31.8 Å². The quantitative estimate of drug-likeness (QED) is 0.426. The van der Waals surface area contributed by atoms with Crippen LogP contribution >= 0.6 is 0 Å². The molecule has 5 rings (SSSR count). The number of hydrogen-bond acceptors (Lipinski definition) is 6. The molecule has 0 aliphatic carbocycles. The van der Waals surface area contributed by atoms with Crippen molar-refractivity contribution in [2.24, 2.45) is 0 Å². The van der Waals surface area contributed by atoms with Gasteiger partial charge < -0.3 is 14.1 Å². The lowest BCUT2D eigenvalue weighted by Gasteiger charge is -2.34. The third-order valence-corrected chi connectivity index (χ3v) is 6.00. The first-order valence-corrected chi connectivity index (χ1v) is 11.0. The fourth-order valence-electron chi connectivity index (χ4n) is 4.13. The largest absolute Gasteiger partial charge is 0.497 e. The van der Waals surface area contributed by atoms with Gasteiger partial charge in [0.1, 0.15) is 17.1 Å². The number of hydrogen-bond donors (Lipinski definition) is 0. The molecule has 0 saturated carbocycles. The number of furan rings is 1. The van der Waals surface area contributed by atoms with Crippen LogP contribution in [0.2, 0.25) is 0 Å². The Kier molecular flexibility index (Phi) is 5.93. The van der Waals surface area contributed by atoms with Gasteiger partial charge >= 0.3 is 6.18 Å². The number of benzene rings is 1. The van der Waals surface area contributed by atoms with Crippen LogP contribution in [-0.4, -0.2) is 63.6 Å². The lowest BCUT2D eigenvalue weighted by Crippen LogP contribution is -2.48. The molecule has 1 aliphatic rings. The highest BCUT2D eigenvalue weighted by atomic mass is 19.4. The highest BCUT2D eigenvalue weighted by Gasteiger charge is 2.36. The number of amides is 1. The van der Waals surface area contributed by atoms with E-state index in [1.807, 2.05) is 12.1 Å². The van der Waals surface area contributed by atoms with E-state index in [4.69, 9.17) is 9.15 Å². The molecule has 8 nitrogen and oxygen atoms in total. The molecule has 1 amide bonds. The van der Waals surface area contributed by atoms with Crippen LogP contribution in [0.1, 0.15) is 21.8 Å². The van der Waals surface area contributed by atoms with Crippen molar-refractivity contribution >= 4 is 11.6 Å². The van der Waals surface area contributed by atoms with Crippen LogP contribution < -0.4 is 4.74 Å². The van der Waals surface area contributed by atoms with E-state index in [2.05, 4.69) is 15.0 Å². The molecule has 0 spiro atoms. The van der Waals surface area contributed by atoms with Gasteiger partial charge in [-0.1, -0.05) is 0 Å². The molecule has 0 atom stereocenters. The molecular weight excluding hydrogens is 463 g/mol. The van der Waals surface area contributed by atoms with E-state index in [-0.39, 0.29) is 16.9 Å². The van der Waals surface area contributed by atoms with E-state index in [1.165, 1.54) is 7.11 Å². The Labute approximate surface area is 198 Å². The molecule has 182 valence electrons. The van der Waals surface area contributed by atoms with Crippen molar-refractivity contribution in [2.75, 3.05) is 33.3 Å². The van der Waals surface area contributed by atoms with Crippen LogP contribution in [0.15, 0.2) is 59.3 Å². The van der Waals surface area contributed by atoms with Gasteiger partial charge in [0.25, 0.3) is 5.91 Å². The van der Waals surface area contributed by atoms with Gasteiger partial charge in [-0.25, -0.2) is 9.50 Å². The summed E-state index contributed by atoms with van der Waals surface area (Å²) in [5, 5.41) is 3.87. The summed E-state index contributed by atoms with van der Waals surface area (Å²) in [6.45, 7) is 2.73. The monoisotopic (exact) mass is 485 g/mol. The molecule has 35 heavy (non-hydrogen) atoms. The van der Waals surface area contributed by atoms with Crippen molar-refractivity contribution in [1.82, 2.24) is 24.4 Å². The second-order valence-corrected chi connectivity index (χ2v) is 8.19. The number of carbonyl (C=O) groups excluding carboxylic acids is 1. The molecule has 1 fully saturated rings. The first-order chi connectivity index (χ1) is 16.8. The topological polar surface area (TPSA) is 76.1 Å². The third kappa shape index (κ3) is 4.59. The number of rotatable bonds is 5. The van der Waals surface area contributed by atoms with Gasteiger partial charge in [-0.15, -0.1) is 0 Å². The van der Waals surface area contributed by atoms with Crippen LogP contribution in [0.3, 0.4) is 0 Å². The van der Waals surface area contributed by atoms with Gasteiger partial charge in [0.2, 0.25) is 0 Å². The summed E-state index contributed by atoms with van der Waals surface area (Å²) < 4.78 is 52.8. The zero-order valence-corrected chi connectivity index (χ0v) is 18.8. The molecule has 0 unspecified atom stereocenters. The van der Waals surface area contributed by atoms with E-state index in [9.17, 15) is 18.0 Å². The normalized spacial score (nSPS) is 15.0. The van der Waals surface area contributed by atoms with Gasteiger partial charge in [0.15, 0.2) is 11.3 Å². The number of piperazine rings is 1. The molecule has 0 bridgehead atoms. The number of methoxy groups -OCH3 is 1. The molecule has 1 saturated heterocycles. The molecular formula is C24H22F3N5O3. The van der Waals surface area contributed by atoms with E-state index in [1.54, 1.807) is 35.4 Å². The maximum Gasteiger partial charge on any atom is 0.433 e. The standard InChI is InChI=1S/C24H22F3N5O3/c1-34-17-6-4-16(5-7-17)20-13-21(24(25,26)27)32-22(29-20)19(14-28-32)23(33)31-10-8-30(9-11-31)15-18-3-2-12-35-18/h2-7,12-14H,8-11,15H2,1H3. The Balaban J connectivity index is 1.44. The maximum absolute atomic E-state index is 13.9. The van der Waals surface area contributed by atoms with Gasteiger partial charge in [-0.2, -0.15) is 18.3 Å². The fraction of sp³-hybridized carbons (Fsp3) is 0.292. The summed E-state index contributed by atoms with van der Waals surface area (Å²) in [4.78, 5) is 21.5. The zero-order chi connectivity index (χ0) is 24.6. The number of ether oxygens (including phenoxy) is 1. The van der Waals surface area contributed by atoms with Crippen LogP contribution in [0.5, 0.6) is 5.75 Å². The minimum Gasteiger partial charge on any atom is -0.497 e. The molecule has 1 aromatic carbocycles. The maximum atomic E-state index is 13.9. The van der Waals surface area contributed by atoms with Gasteiger partial charge in [-0.05, 0) is 42.5 Å². The zero-order valence-electron chi connectivity index (χ0n) is 18.8. The second kappa shape index (κ2) is 9.06. The second-order valence-electron chi connectivity index (χ2n) is 8.19. The molecule has 0 radical (unpaired) electrons. The highest BCUT2D eigenvalue weighted by molar-refractivity contribution is 6.00. The van der Waals surface area contributed by atoms with E-state index in [0.29, 0.717) is 48.6 Å². The molecule has 11 heteroatoms. The Morgan fingerprint density at radius 3 is 2.49 bits per heavy atom. The molecule has 1 aliphatic heterocycles. The van der Waals surface area contributed by atoms with Crippen molar-refractivity contribution in [3.63, 3.8) is 0 Å². The van der Waals surface area contributed by atoms with Crippen molar-refractivity contribution in [2.45, 2.75) is 12.7 Å². The van der Waals surface area contributed by atoms with Crippen molar-refractivity contribution in [3.05, 3.63) is 71.9 Å². The van der Waals surface area contributed by atoms with E-state index in [0.717, 1.165) is 18.0 Å². The lowest BCUT2D eigenvalue weighted by atomic mass is 10.1. The summed E-state index contributed by atoms with van der Waals surface area (Å²) in [6.07, 6.45) is -1.91. The number of halogens is 3. The average molecular weight is 485 g/mol. The SMILES string of the molecule is COc1ccc(-c2cc(C(F)(F)F)n3ncc(C(=O)N4CCN(Cc5ccco5)CC4)c3n2)cc1. The van der Waals surface area contributed by atoms with Gasteiger partial charge in [-0.3, -0.25) is 9.69 Å². The first kappa shape index (κ1) is 22.9. The first-order valence-electron chi connectivity index (χ1n) is 11.0. The number of carbonyl (C=O) groups is 1. The fourth-order valence-corrected chi connectivity index (χ4v) is 4.13. The molecule has 3 aromatic heterocycles. The third-order valence-electron chi connectivity index (χ3n) is 6.00. The number of aromatic nitrogens is 3. The minimum atomic E-state index is -4.69. The Bertz CT molecular complexity index is 1330. The summed E-state index contributed by atoms with van der Waals surface area (Å²) in [6, 6.07) is 11.2. The smallest absolute Gasteiger partial charge is 0.433 e. The molecule has 0 N–H and O–H groups in total. The Morgan fingerprint density at radius 1 is 1.11 bits per heavy atom. The Hall–Kier alpha value is -3.86. The van der Waals surface area contributed by atoms with E-state index >= 15 is 0 Å². The van der Waals surface area contributed by atoms with Crippen molar-refractivity contribution in [1.29, 1.82) is 0 Å². The van der Waals surface area contributed by atoms with Gasteiger partial charge in [0, 0.05) is 31.7 Å². The molecule has 4 aromatic rings.